The first-order valence-electron chi connectivity index (χ1n) is 14.6. The van der Waals surface area contributed by atoms with E-state index in [1.807, 2.05) is 33.8 Å². The van der Waals surface area contributed by atoms with E-state index in [-0.39, 0.29) is 16.2 Å². The zero-order valence-electron chi connectivity index (χ0n) is 27.6. The van der Waals surface area contributed by atoms with Gasteiger partial charge in [0.05, 0.1) is 0 Å². The first kappa shape index (κ1) is 37.2. The average Bonchev–Trinajstić information content (AvgIpc) is 2.74. The number of anilines is 2. The van der Waals surface area contributed by atoms with Crippen LogP contribution >= 0.6 is 0 Å². The molecule has 0 bridgehead atoms. The fraction of sp³-hybridized carbons (Fsp3) is 0.657. The van der Waals surface area contributed by atoms with Crippen LogP contribution in [0.15, 0.2) is 42.5 Å². The molecule has 0 saturated heterocycles. The Morgan fingerprint density at radius 1 is 0.595 bits per heavy atom. The minimum atomic E-state index is -0.0822. The zero-order chi connectivity index (χ0) is 29.7. The van der Waals surface area contributed by atoms with Gasteiger partial charge in [-0.25, -0.2) is 0 Å². The SMILES string of the molecule is CC.CC.CC(C)(C)CC(C)(C)c1ccc(Nc2ccc(C(C)(C)CC(C)(C)C)c(O)c2)cc1.CCC. The van der Waals surface area contributed by atoms with Crippen molar-refractivity contribution in [1.29, 1.82) is 0 Å². The highest BCUT2D eigenvalue weighted by molar-refractivity contribution is 5.63. The van der Waals surface area contributed by atoms with E-state index >= 15 is 0 Å². The molecule has 214 valence electrons. The summed E-state index contributed by atoms with van der Waals surface area (Å²) in [4.78, 5) is 0. The molecule has 0 aliphatic heterocycles. The predicted octanol–water partition coefficient (Wildman–Crippen LogP) is 12.0. The summed E-state index contributed by atoms with van der Waals surface area (Å²) < 4.78 is 0. The van der Waals surface area contributed by atoms with Crippen molar-refractivity contribution in [1.82, 2.24) is 0 Å². The average molecular weight is 514 g/mol. The molecule has 0 aromatic heterocycles. The highest BCUT2D eigenvalue weighted by Crippen LogP contribution is 2.41. The fourth-order valence-corrected chi connectivity index (χ4v) is 5.20. The van der Waals surface area contributed by atoms with Crippen molar-refractivity contribution < 1.29 is 5.11 Å². The van der Waals surface area contributed by atoms with Crippen molar-refractivity contribution in [2.24, 2.45) is 10.8 Å². The molecule has 0 aliphatic carbocycles. The van der Waals surface area contributed by atoms with Gasteiger partial charge < -0.3 is 10.4 Å². The molecule has 0 unspecified atom stereocenters. The van der Waals surface area contributed by atoms with E-state index in [1.54, 1.807) is 0 Å². The van der Waals surface area contributed by atoms with Crippen LogP contribution in [0.3, 0.4) is 0 Å². The largest absolute Gasteiger partial charge is 0.508 e. The summed E-state index contributed by atoms with van der Waals surface area (Å²) in [6.45, 7) is 34.9. The van der Waals surface area contributed by atoms with E-state index in [1.165, 1.54) is 12.0 Å². The monoisotopic (exact) mass is 513 g/mol. The highest BCUT2D eigenvalue weighted by Gasteiger charge is 2.30. The van der Waals surface area contributed by atoms with Crippen LogP contribution in [0.5, 0.6) is 5.75 Å². The molecule has 0 aliphatic rings. The predicted molar refractivity (Wildman–Crippen MR) is 171 cm³/mol. The van der Waals surface area contributed by atoms with Crippen molar-refractivity contribution >= 4 is 11.4 Å². The summed E-state index contributed by atoms with van der Waals surface area (Å²) >= 11 is 0. The molecule has 2 heteroatoms. The highest BCUT2D eigenvalue weighted by atomic mass is 16.3. The van der Waals surface area contributed by atoms with Gasteiger partial charge in [-0.3, -0.25) is 0 Å². The van der Waals surface area contributed by atoms with Crippen molar-refractivity contribution in [3.05, 3.63) is 53.6 Å². The minimum absolute atomic E-state index is 0.0822. The molecule has 0 radical (unpaired) electrons. The van der Waals surface area contributed by atoms with E-state index in [2.05, 4.69) is 125 Å². The van der Waals surface area contributed by atoms with Crippen LogP contribution < -0.4 is 5.32 Å². The standard InChI is InChI=1S/C28H43NO.C3H8.2C2H6/c1-25(2,3)18-27(7,8)20-11-13-21(14-12-20)29-22-15-16-23(24(30)17-22)28(9,10)19-26(4,5)6;1-3-2;2*1-2/h11-17,29-30H,18-19H2,1-10H3;3H2,1-2H3;2*1-2H3. The summed E-state index contributed by atoms with van der Waals surface area (Å²) in [6, 6.07) is 14.7. The molecule has 0 spiro atoms. The lowest BCUT2D eigenvalue weighted by Crippen LogP contribution is -2.24. The summed E-state index contributed by atoms with van der Waals surface area (Å²) in [6.07, 6.45) is 3.39. The Hall–Kier alpha value is -1.96. The van der Waals surface area contributed by atoms with Gasteiger partial charge in [-0.1, -0.05) is 135 Å². The number of phenolic OH excluding ortho intramolecular Hbond substituents is 1. The van der Waals surface area contributed by atoms with Crippen LogP contribution in [0.1, 0.15) is 141 Å². The summed E-state index contributed by atoms with van der Waals surface area (Å²) in [5.74, 6) is 0.359. The lowest BCUT2D eigenvalue weighted by molar-refractivity contribution is 0.278. The van der Waals surface area contributed by atoms with Crippen LogP contribution in [0, 0.1) is 10.8 Å². The van der Waals surface area contributed by atoms with Crippen molar-refractivity contribution in [3.8, 4) is 5.75 Å². The van der Waals surface area contributed by atoms with E-state index in [0.717, 1.165) is 29.8 Å². The number of rotatable bonds is 6. The van der Waals surface area contributed by atoms with Crippen LogP contribution in [0.25, 0.3) is 0 Å². The topological polar surface area (TPSA) is 32.3 Å². The molecule has 2 aromatic rings. The maximum atomic E-state index is 10.7. The third-order valence-corrected chi connectivity index (χ3v) is 5.63. The number of benzene rings is 2. The number of phenols is 1. The van der Waals surface area contributed by atoms with Gasteiger partial charge in [-0.05, 0) is 63.8 Å². The van der Waals surface area contributed by atoms with Crippen LogP contribution in [0.4, 0.5) is 11.4 Å². The van der Waals surface area contributed by atoms with Crippen molar-refractivity contribution in [2.75, 3.05) is 5.32 Å². The molecule has 0 fully saturated rings. The lowest BCUT2D eigenvalue weighted by Gasteiger charge is -2.33. The number of aromatic hydroxyl groups is 1. The third kappa shape index (κ3) is 14.5. The maximum absolute atomic E-state index is 10.7. The van der Waals surface area contributed by atoms with E-state index in [9.17, 15) is 5.11 Å². The molecule has 0 atom stereocenters. The lowest BCUT2D eigenvalue weighted by atomic mass is 9.72. The van der Waals surface area contributed by atoms with Crippen LogP contribution in [-0.2, 0) is 10.8 Å². The molecule has 2 N–H and O–H groups in total. The molecule has 2 nitrogen and oxygen atoms in total. The molecule has 0 amide bonds. The maximum Gasteiger partial charge on any atom is 0.121 e. The molecule has 2 rings (SSSR count). The second-order valence-electron chi connectivity index (χ2n) is 13.4. The Labute approximate surface area is 232 Å². The van der Waals surface area contributed by atoms with E-state index in [0.29, 0.717) is 11.2 Å². The normalized spacial score (nSPS) is 11.7. The second-order valence-corrected chi connectivity index (χ2v) is 13.4. The molecule has 37 heavy (non-hydrogen) atoms. The van der Waals surface area contributed by atoms with Gasteiger partial charge in [0.15, 0.2) is 0 Å². The summed E-state index contributed by atoms with van der Waals surface area (Å²) in [5.41, 5.74) is 4.84. The Balaban J connectivity index is 0. The van der Waals surface area contributed by atoms with Crippen molar-refractivity contribution in [2.45, 2.75) is 141 Å². The fourth-order valence-electron chi connectivity index (χ4n) is 5.20. The first-order chi connectivity index (χ1) is 16.9. The Morgan fingerprint density at radius 3 is 1.35 bits per heavy atom. The van der Waals surface area contributed by atoms with Gasteiger partial charge in [0.25, 0.3) is 0 Å². The Bertz CT molecular complexity index is 862. The zero-order valence-corrected chi connectivity index (χ0v) is 27.6. The Morgan fingerprint density at radius 2 is 0.973 bits per heavy atom. The third-order valence-electron chi connectivity index (χ3n) is 5.63. The summed E-state index contributed by atoms with van der Waals surface area (Å²) in [5, 5.41) is 14.2. The number of hydrogen-bond acceptors (Lipinski definition) is 2. The van der Waals surface area contributed by atoms with E-state index in [4.69, 9.17) is 0 Å². The number of nitrogens with one attached hydrogen (secondary N) is 1. The van der Waals surface area contributed by atoms with Gasteiger partial charge in [0.2, 0.25) is 0 Å². The smallest absolute Gasteiger partial charge is 0.121 e. The van der Waals surface area contributed by atoms with Crippen molar-refractivity contribution in [3.63, 3.8) is 0 Å². The molecule has 0 heterocycles. The quantitative estimate of drug-likeness (QED) is 0.402. The molecular weight excluding hydrogens is 450 g/mol. The minimum Gasteiger partial charge on any atom is -0.508 e. The van der Waals surface area contributed by atoms with Gasteiger partial charge in [-0.15, -0.1) is 0 Å². The van der Waals surface area contributed by atoms with Gasteiger partial charge in [-0.2, -0.15) is 0 Å². The molecular formula is C35H63NO. The van der Waals surface area contributed by atoms with Gasteiger partial charge >= 0.3 is 0 Å². The molecule has 0 saturated carbocycles. The Kier molecular flexibility index (Phi) is 16.2. The number of hydrogen-bond donors (Lipinski definition) is 2. The van der Waals surface area contributed by atoms with Gasteiger partial charge in [0, 0.05) is 17.4 Å². The molecule has 2 aromatic carbocycles. The summed E-state index contributed by atoms with van der Waals surface area (Å²) in [7, 11) is 0. The van der Waals surface area contributed by atoms with Gasteiger partial charge in [0.1, 0.15) is 5.75 Å². The van der Waals surface area contributed by atoms with Crippen LogP contribution in [0.2, 0.25) is 0 Å². The first-order valence-corrected chi connectivity index (χ1v) is 14.6. The van der Waals surface area contributed by atoms with E-state index < -0.39 is 0 Å². The van der Waals surface area contributed by atoms with Crippen LogP contribution in [-0.4, -0.2) is 5.11 Å². The second kappa shape index (κ2) is 16.1.